The average Bonchev–Trinajstić information content (AvgIpc) is 2.59. The fraction of sp³-hybridized carbons (Fsp3) is 0.167. The molecule has 6 heteroatoms. The summed E-state index contributed by atoms with van der Waals surface area (Å²) in [6.07, 6.45) is 1.03. The predicted molar refractivity (Wildman–Crippen MR) is 92.9 cm³/mol. The van der Waals surface area contributed by atoms with Crippen molar-refractivity contribution in [2.24, 2.45) is 0 Å². The van der Waals surface area contributed by atoms with Gasteiger partial charge in [-0.25, -0.2) is 0 Å². The van der Waals surface area contributed by atoms with Crippen molar-refractivity contribution in [3.8, 4) is 5.75 Å². The number of carbonyl (C=O) groups excluding carboxylic acids is 1. The molecule has 0 aliphatic carbocycles. The van der Waals surface area contributed by atoms with Crippen LogP contribution in [0.3, 0.4) is 0 Å². The van der Waals surface area contributed by atoms with E-state index in [0.717, 1.165) is 5.56 Å². The van der Waals surface area contributed by atoms with Gasteiger partial charge in [-0.2, -0.15) is 0 Å². The third kappa shape index (κ3) is 4.20. The van der Waals surface area contributed by atoms with Gasteiger partial charge in [0.25, 0.3) is 5.69 Å². The lowest BCUT2D eigenvalue weighted by Crippen LogP contribution is -2.04. The number of nitro groups is 1. The second-order valence-corrected chi connectivity index (χ2v) is 5.61. The van der Waals surface area contributed by atoms with Crippen molar-refractivity contribution in [1.82, 2.24) is 0 Å². The molecule has 0 aliphatic heterocycles. The summed E-state index contributed by atoms with van der Waals surface area (Å²) in [4.78, 5) is 22.6. The summed E-state index contributed by atoms with van der Waals surface area (Å²) in [5, 5.41) is 11.0. The lowest BCUT2D eigenvalue weighted by atomic mass is 9.98. The third-order valence-electron chi connectivity index (χ3n) is 3.60. The molecule has 0 saturated carbocycles. The van der Waals surface area contributed by atoms with Gasteiger partial charge < -0.3 is 4.74 Å². The monoisotopic (exact) mass is 345 g/mol. The van der Waals surface area contributed by atoms with E-state index in [9.17, 15) is 14.9 Å². The number of halogens is 1. The highest BCUT2D eigenvalue weighted by molar-refractivity contribution is 6.32. The number of nitrogens with zero attached hydrogens (tertiary/aromatic N) is 1. The summed E-state index contributed by atoms with van der Waals surface area (Å²) in [7, 11) is 1.51. The molecule has 0 amide bonds. The zero-order valence-electron chi connectivity index (χ0n) is 13.1. The van der Waals surface area contributed by atoms with Gasteiger partial charge in [-0.3, -0.25) is 14.9 Å². The van der Waals surface area contributed by atoms with Crippen molar-refractivity contribution in [2.45, 2.75) is 12.8 Å². The number of carbonyl (C=O) groups is 1. The van der Waals surface area contributed by atoms with Crippen molar-refractivity contribution >= 4 is 23.1 Å². The molecule has 0 spiro atoms. The second kappa shape index (κ2) is 7.75. The first-order valence-electron chi connectivity index (χ1n) is 7.21. The predicted octanol–water partition coefficient (Wildman–Crippen LogP) is 4.63. The Kier molecular flexibility index (Phi) is 5.71. The second-order valence-electron chi connectivity index (χ2n) is 5.21. The summed E-state index contributed by atoms with van der Waals surface area (Å²) >= 11 is 6.03. The first kappa shape index (κ1) is 17.7. The van der Waals surface area contributed by atoms with E-state index < -0.39 is 4.92 Å². The van der Waals surface area contributed by atoms with Crippen LogP contribution in [-0.4, -0.2) is 17.8 Å². The Bertz CT molecular complexity index is 784. The maximum absolute atomic E-state index is 12.4. The number of rotatable bonds is 7. The van der Waals surface area contributed by atoms with Gasteiger partial charge in [-0.1, -0.05) is 30.3 Å². The summed E-state index contributed by atoms with van der Waals surface area (Å²) in [5.41, 5.74) is 1.85. The average molecular weight is 346 g/mol. The molecule has 0 aromatic heterocycles. The van der Waals surface area contributed by atoms with Crippen LogP contribution in [0, 0.1) is 10.1 Å². The van der Waals surface area contributed by atoms with Gasteiger partial charge in [0.1, 0.15) is 5.75 Å². The van der Waals surface area contributed by atoms with E-state index >= 15 is 0 Å². The molecule has 0 unspecified atom stereocenters. The highest BCUT2D eigenvalue weighted by Crippen LogP contribution is 2.26. The molecule has 0 atom stereocenters. The van der Waals surface area contributed by atoms with E-state index in [4.69, 9.17) is 16.3 Å². The third-order valence-corrected chi connectivity index (χ3v) is 3.89. The number of ketones is 1. The number of hydrogen-bond acceptors (Lipinski definition) is 4. The van der Waals surface area contributed by atoms with Crippen molar-refractivity contribution in [1.29, 1.82) is 0 Å². The number of aryl methyl sites for hydroxylation is 1. The van der Waals surface area contributed by atoms with Crippen molar-refractivity contribution in [3.63, 3.8) is 0 Å². The molecule has 2 aromatic rings. The minimum atomic E-state index is -0.445. The normalized spacial score (nSPS) is 10.2. The number of allylic oxidation sites excluding steroid dienone is 1. The van der Waals surface area contributed by atoms with Crippen molar-refractivity contribution < 1.29 is 14.5 Å². The summed E-state index contributed by atoms with van der Waals surface area (Å²) in [5.74, 6) is 0.325. The van der Waals surface area contributed by atoms with Crippen LogP contribution in [0.15, 0.2) is 54.6 Å². The quantitative estimate of drug-likeness (QED) is 0.317. The molecule has 0 aliphatic rings. The topological polar surface area (TPSA) is 69.4 Å². The number of methoxy groups -OCH3 is 1. The molecular weight excluding hydrogens is 330 g/mol. The number of Topliss-reactive ketones (excluding diaryl/α,β-unsaturated/α-hetero) is 1. The number of non-ortho nitro benzene ring substituents is 1. The number of nitro benzene ring substituents is 1. The Hall–Kier alpha value is -2.66. The molecule has 0 fully saturated rings. The van der Waals surface area contributed by atoms with Crippen molar-refractivity contribution in [3.05, 3.63) is 80.9 Å². The zero-order chi connectivity index (χ0) is 17.7. The van der Waals surface area contributed by atoms with E-state index in [-0.39, 0.29) is 11.5 Å². The highest BCUT2D eigenvalue weighted by Gasteiger charge is 2.13. The summed E-state index contributed by atoms with van der Waals surface area (Å²) in [6, 6.07) is 11.1. The smallest absolute Gasteiger partial charge is 0.269 e. The Morgan fingerprint density at radius 2 is 1.92 bits per heavy atom. The minimum Gasteiger partial charge on any atom is -0.495 e. The highest BCUT2D eigenvalue weighted by atomic mass is 35.5. The molecule has 0 N–H and O–H groups in total. The molecule has 0 radical (unpaired) electrons. The molecular formula is C18H16ClNO4. The van der Waals surface area contributed by atoms with Gasteiger partial charge in [0.15, 0.2) is 5.78 Å². The number of benzene rings is 2. The minimum absolute atomic E-state index is 0.0431. The van der Waals surface area contributed by atoms with Gasteiger partial charge >= 0.3 is 0 Å². The maximum atomic E-state index is 12.4. The summed E-state index contributed by atoms with van der Waals surface area (Å²) < 4.78 is 5.06. The van der Waals surface area contributed by atoms with E-state index in [1.807, 2.05) is 0 Å². The van der Waals surface area contributed by atoms with Crippen LogP contribution in [0.5, 0.6) is 5.75 Å². The summed E-state index contributed by atoms with van der Waals surface area (Å²) in [6.45, 7) is 3.83. The number of ether oxygens (including phenoxy) is 1. The van der Waals surface area contributed by atoms with Gasteiger partial charge in [-0.05, 0) is 42.2 Å². The van der Waals surface area contributed by atoms with Crippen molar-refractivity contribution in [2.75, 3.05) is 7.11 Å². The molecule has 0 bridgehead atoms. The van der Waals surface area contributed by atoms with Crippen LogP contribution in [0.2, 0.25) is 5.02 Å². The van der Waals surface area contributed by atoms with E-state index in [2.05, 4.69) is 6.58 Å². The zero-order valence-corrected chi connectivity index (χ0v) is 13.9. The SMILES string of the molecule is C=C(CCc1ccc([N+](=O)[O-])cc1)C(=O)c1ccc(OC)c(Cl)c1. The lowest BCUT2D eigenvalue weighted by molar-refractivity contribution is -0.384. The van der Waals surface area contributed by atoms with Crippen LogP contribution >= 0.6 is 11.6 Å². The van der Waals surface area contributed by atoms with Crippen LogP contribution in [0.4, 0.5) is 5.69 Å². The Balaban J connectivity index is 2.00. The molecule has 2 rings (SSSR count). The van der Waals surface area contributed by atoms with Gasteiger partial charge in [0, 0.05) is 17.7 Å². The largest absolute Gasteiger partial charge is 0.495 e. The van der Waals surface area contributed by atoms with Gasteiger partial charge in [0.2, 0.25) is 0 Å². The molecule has 124 valence electrons. The maximum Gasteiger partial charge on any atom is 0.269 e. The Labute approximate surface area is 144 Å². The Morgan fingerprint density at radius 3 is 2.46 bits per heavy atom. The van der Waals surface area contributed by atoms with Gasteiger partial charge in [0.05, 0.1) is 17.1 Å². The molecule has 24 heavy (non-hydrogen) atoms. The standard InChI is InChI=1S/C18H16ClNO4/c1-12(3-4-13-5-8-15(9-6-13)20(22)23)18(21)14-7-10-17(24-2)16(19)11-14/h5-11H,1,3-4H2,2H3. The molecule has 2 aromatic carbocycles. The lowest BCUT2D eigenvalue weighted by Gasteiger charge is -2.08. The van der Waals surface area contributed by atoms with Crippen LogP contribution < -0.4 is 4.74 Å². The van der Waals surface area contributed by atoms with Crippen LogP contribution in [0.25, 0.3) is 0 Å². The van der Waals surface area contributed by atoms with Crippen LogP contribution in [0.1, 0.15) is 22.3 Å². The molecule has 0 saturated heterocycles. The van der Waals surface area contributed by atoms with E-state index in [0.29, 0.717) is 34.8 Å². The van der Waals surface area contributed by atoms with E-state index in [1.165, 1.54) is 19.2 Å². The fourth-order valence-corrected chi connectivity index (χ4v) is 2.46. The van der Waals surface area contributed by atoms with Gasteiger partial charge in [-0.15, -0.1) is 0 Å². The first-order chi connectivity index (χ1) is 11.4. The Morgan fingerprint density at radius 1 is 1.25 bits per heavy atom. The van der Waals surface area contributed by atoms with Crippen LogP contribution in [-0.2, 0) is 6.42 Å². The van der Waals surface area contributed by atoms with E-state index in [1.54, 1.807) is 30.3 Å². The molecule has 0 heterocycles. The number of hydrogen-bond donors (Lipinski definition) is 0. The first-order valence-corrected chi connectivity index (χ1v) is 7.59. The molecule has 5 nitrogen and oxygen atoms in total. The fourth-order valence-electron chi connectivity index (χ4n) is 2.20.